The Bertz CT molecular complexity index is 581. The normalized spacial score (nSPS) is 30.6. The van der Waals surface area contributed by atoms with Crippen molar-refractivity contribution in [3.05, 3.63) is 29.8 Å². The lowest BCUT2D eigenvalue weighted by Gasteiger charge is -2.32. The van der Waals surface area contributed by atoms with Crippen LogP contribution in [-0.4, -0.2) is 61.1 Å². The third-order valence-electron chi connectivity index (χ3n) is 5.67. The molecule has 0 aliphatic carbocycles. The number of nitrogens with one attached hydrogen (secondary N) is 1. The average Bonchev–Trinajstić information content (AvgIpc) is 3.22. The van der Waals surface area contributed by atoms with E-state index in [1.807, 2.05) is 12.1 Å². The number of ether oxygens (including phenoxy) is 1. The number of carbonyl (C=O) groups is 1. The monoisotopic (exact) mass is 329 g/mol. The maximum absolute atomic E-state index is 12.4. The SMILES string of the molecule is CN1CCN(Cc2ccc(NC(=O)[C@@H]3C[C@H]4CC[C@H]3O4)cc2)CC1. The minimum absolute atomic E-state index is 0.0359. The van der Waals surface area contributed by atoms with E-state index in [9.17, 15) is 4.79 Å². The molecule has 130 valence electrons. The first kappa shape index (κ1) is 16.1. The van der Waals surface area contributed by atoms with E-state index in [1.54, 1.807) is 0 Å². The molecule has 3 heterocycles. The Balaban J connectivity index is 1.30. The summed E-state index contributed by atoms with van der Waals surface area (Å²) in [5, 5.41) is 3.07. The quantitative estimate of drug-likeness (QED) is 0.917. The molecule has 0 radical (unpaired) electrons. The van der Waals surface area contributed by atoms with Gasteiger partial charge >= 0.3 is 0 Å². The minimum atomic E-state index is 0.0359. The molecule has 3 saturated heterocycles. The Morgan fingerprint density at radius 1 is 1.17 bits per heavy atom. The molecule has 1 amide bonds. The molecule has 4 rings (SSSR count). The third kappa shape index (κ3) is 3.48. The second kappa shape index (κ2) is 6.82. The van der Waals surface area contributed by atoms with E-state index in [-0.39, 0.29) is 17.9 Å². The lowest BCUT2D eigenvalue weighted by atomic mass is 9.88. The van der Waals surface area contributed by atoms with Crippen molar-refractivity contribution in [1.29, 1.82) is 0 Å². The van der Waals surface area contributed by atoms with Crippen LogP contribution in [0.15, 0.2) is 24.3 Å². The van der Waals surface area contributed by atoms with Crippen LogP contribution in [0.5, 0.6) is 0 Å². The number of anilines is 1. The van der Waals surface area contributed by atoms with Gasteiger partial charge in [-0.3, -0.25) is 9.69 Å². The summed E-state index contributed by atoms with van der Waals surface area (Å²) in [7, 11) is 2.18. The lowest BCUT2D eigenvalue weighted by molar-refractivity contribution is -0.121. The predicted molar refractivity (Wildman–Crippen MR) is 93.8 cm³/mol. The minimum Gasteiger partial charge on any atom is -0.374 e. The van der Waals surface area contributed by atoms with Crippen LogP contribution >= 0.6 is 0 Å². The number of rotatable bonds is 4. The van der Waals surface area contributed by atoms with Gasteiger partial charge in [0.2, 0.25) is 5.91 Å². The zero-order valence-corrected chi connectivity index (χ0v) is 14.4. The first-order chi connectivity index (χ1) is 11.7. The number of nitrogens with zero attached hydrogens (tertiary/aromatic N) is 2. The highest BCUT2D eigenvalue weighted by Crippen LogP contribution is 2.39. The number of amides is 1. The van der Waals surface area contributed by atoms with Crippen molar-refractivity contribution in [2.75, 3.05) is 38.5 Å². The van der Waals surface area contributed by atoms with Gasteiger partial charge in [0, 0.05) is 38.4 Å². The Labute approximate surface area is 144 Å². The van der Waals surface area contributed by atoms with Gasteiger partial charge in [-0.15, -0.1) is 0 Å². The topological polar surface area (TPSA) is 44.8 Å². The van der Waals surface area contributed by atoms with E-state index >= 15 is 0 Å². The Kier molecular flexibility index (Phi) is 4.57. The van der Waals surface area contributed by atoms with Gasteiger partial charge in [-0.2, -0.15) is 0 Å². The fraction of sp³-hybridized carbons (Fsp3) is 0.632. The van der Waals surface area contributed by atoms with Gasteiger partial charge in [0.25, 0.3) is 0 Å². The van der Waals surface area contributed by atoms with Crippen LogP contribution in [0.1, 0.15) is 24.8 Å². The molecular weight excluding hydrogens is 302 g/mol. The number of carbonyl (C=O) groups excluding carboxylic acids is 1. The fourth-order valence-electron chi connectivity index (χ4n) is 4.11. The third-order valence-corrected chi connectivity index (χ3v) is 5.67. The van der Waals surface area contributed by atoms with Crippen molar-refractivity contribution < 1.29 is 9.53 Å². The van der Waals surface area contributed by atoms with E-state index in [1.165, 1.54) is 5.56 Å². The number of benzene rings is 1. The van der Waals surface area contributed by atoms with E-state index in [0.29, 0.717) is 6.10 Å². The molecule has 3 fully saturated rings. The molecule has 3 aliphatic heterocycles. The summed E-state index contributed by atoms with van der Waals surface area (Å²) < 4.78 is 5.79. The standard InChI is InChI=1S/C19H27N3O2/c1-21-8-10-22(11-9-21)13-14-2-4-15(5-3-14)20-19(23)17-12-16-6-7-18(17)24-16/h2-5,16-18H,6-13H2,1H3,(H,20,23)/t16-,17-,18-/m1/s1. The molecule has 24 heavy (non-hydrogen) atoms. The molecular formula is C19H27N3O2. The van der Waals surface area contributed by atoms with Crippen LogP contribution in [0.3, 0.4) is 0 Å². The Morgan fingerprint density at radius 2 is 1.92 bits per heavy atom. The van der Waals surface area contributed by atoms with Crippen LogP contribution < -0.4 is 5.32 Å². The van der Waals surface area contributed by atoms with Crippen LogP contribution in [0.4, 0.5) is 5.69 Å². The highest BCUT2D eigenvalue weighted by atomic mass is 16.5. The molecule has 1 aromatic carbocycles. The van der Waals surface area contributed by atoms with Crippen LogP contribution in [0.2, 0.25) is 0 Å². The maximum Gasteiger partial charge on any atom is 0.230 e. The van der Waals surface area contributed by atoms with Gasteiger partial charge in [0.1, 0.15) is 0 Å². The van der Waals surface area contributed by atoms with Crippen molar-refractivity contribution in [2.24, 2.45) is 5.92 Å². The van der Waals surface area contributed by atoms with Gasteiger partial charge < -0.3 is 15.0 Å². The second-order valence-electron chi connectivity index (χ2n) is 7.48. The van der Waals surface area contributed by atoms with Crippen molar-refractivity contribution in [2.45, 2.75) is 38.0 Å². The highest BCUT2D eigenvalue weighted by molar-refractivity contribution is 5.93. The largest absolute Gasteiger partial charge is 0.374 e. The van der Waals surface area contributed by atoms with E-state index < -0.39 is 0 Å². The summed E-state index contributed by atoms with van der Waals surface area (Å²) in [4.78, 5) is 17.3. The van der Waals surface area contributed by atoms with Gasteiger partial charge in [0.05, 0.1) is 18.1 Å². The van der Waals surface area contributed by atoms with Crippen molar-refractivity contribution in [3.8, 4) is 0 Å². The predicted octanol–water partition coefficient (Wildman–Crippen LogP) is 1.94. The molecule has 5 heteroatoms. The summed E-state index contributed by atoms with van der Waals surface area (Å²) in [5.41, 5.74) is 2.20. The molecule has 1 N–H and O–H groups in total. The van der Waals surface area contributed by atoms with Crippen molar-refractivity contribution >= 4 is 11.6 Å². The molecule has 5 nitrogen and oxygen atoms in total. The van der Waals surface area contributed by atoms with Crippen LogP contribution in [-0.2, 0) is 16.1 Å². The highest BCUT2D eigenvalue weighted by Gasteiger charge is 2.44. The molecule has 3 atom stereocenters. The molecule has 0 unspecified atom stereocenters. The van der Waals surface area contributed by atoms with Crippen molar-refractivity contribution in [3.63, 3.8) is 0 Å². The number of piperazine rings is 1. The molecule has 3 aliphatic rings. The molecule has 2 bridgehead atoms. The van der Waals surface area contributed by atoms with Gasteiger partial charge in [-0.05, 0) is 44.0 Å². The summed E-state index contributed by atoms with van der Waals surface area (Å²) in [6.07, 6.45) is 3.50. The lowest BCUT2D eigenvalue weighted by Crippen LogP contribution is -2.43. The maximum atomic E-state index is 12.4. The summed E-state index contributed by atoms with van der Waals surface area (Å²) in [6, 6.07) is 8.31. The summed E-state index contributed by atoms with van der Waals surface area (Å²) in [6.45, 7) is 5.51. The molecule has 0 saturated carbocycles. The fourth-order valence-corrected chi connectivity index (χ4v) is 4.11. The first-order valence-corrected chi connectivity index (χ1v) is 9.13. The van der Waals surface area contributed by atoms with E-state index in [4.69, 9.17) is 4.74 Å². The van der Waals surface area contributed by atoms with Gasteiger partial charge in [-0.1, -0.05) is 12.1 Å². The molecule has 0 spiro atoms. The number of hydrogen-bond acceptors (Lipinski definition) is 4. The summed E-state index contributed by atoms with van der Waals surface area (Å²) >= 11 is 0. The first-order valence-electron chi connectivity index (χ1n) is 9.13. The Hall–Kier alpha value is -1.43. The molecule has 1 aromatic rings. The number of fused-ring (bicyclic) bond motifs is 2. The number of hydrogen-bond donors (Lipinski definition) is 1. The number of likely N-dealkylation sites (N-methyl/N-ethyl adjacent to an activating group) is 1. The van der Waals surface area contributed by atoms with E-state index in [0.717, 1.165) is 57.7 Å². The van der Waals surface area contributed by atoms with E-state index in [2.05, 4.69) is 34.3 Å². The van der Waals surface area contributed by atoms with Gasteiger partial charge in [0.15, 0.2) is 0 Å². The Morgan fingerprint density at radius 3 is 2.54 bits per heavy atom. The second-order valence-corrected chi connectivity index (χ2v) is 7.48. The van der Waals surface area contributed by atoms with Gasteiger partial charge in [-0.25, -0.2) is 0 Å². The zero-order chi connectivity index (χ0) is 16.5. The van der Waals surface area contributed by atoms with Crippen molar-refractivity contribution in [1.82, 2.24) is 9.80 Å². The average molecular weight is 329 g/mol. The van der Waals surface area contributed by atoms with Crippen LogP contribution in [0, 0.1) is 5.92 Å². The smallest absolute Gasteiger partial charge is 0.230 e. The summed E-state index contributed by atoms with van der Waals surface area (Å²) in [5.74, 6) is 0.155. The van der Waals surface area contributed by atoms with Crippen LogP contribution in [0.25, 0.3) is 0 Å². The zero-order valence-electron chi connectivity index (χ0n) is 14.4. The molecule has 0 aromatic heterocycles.